The van der Waals surface area contributed by atoms with Crippen molar-refractivity contribution in [2.45, 2.75) is 25.0 Å². The van der Waals surface area contributed by atoms with Gasteiger partial charge in [-0.1, -0.05) is 17.3 Å². The van der Waals surface area contributed by atoms with E-state index in [-0.39, 0.29) is 5.82 Å². The number of β-amino-alcohol motifs (C(OH)–C–C–N with tert-alkyl or cyclic N) is 1. The van der Waals surface area contributed by atoms with Crippen LogP contribution in [0.25, 0.3) is 10.9 Å². The molecule has 1 aliphatic rings. The summed E-state index contributed by atoms with van der Waals surface area (Å²) >= 11 is 0. The lowest BCUT2D eigenvalue weighted by Crippen LogP contribution is -2.50. The number of pyridine rings is 1. The number of piperidine rings is 1. The van der Waals surface area contributed by atoms with Gasteiger partial charge in [-0.05, 0) is 25.0 Å². The van der Waals surface area contributed by atoms with Crippen LogP contribution < -0.4 is 4.90 Å². The summed E-state index contributed by atoms with van der Waals surface area (Å²) < 4.78 is 15.6. The van der Waals surface area contributed by atoms with Crippen molar-refractivity contribution in [2.24, 2.45) is 0 Å². The minimum Gasteiger partial charge on any atom is -0.386 e. The zero-order valence-corrected chi connectivity index (χ0v) is 13.1. The maximum atomic E-state index is 14.0. The molecule has 0 spiro atoms. The second kappa shape index (κ2) is 5.83. The average molecular weight is 327 g/mol. The fourth-order valence-corrected chi connectivity index (χ4v) is 3.47. The van der Waals surface area contributed by atoms with E-state index < -0.39 is 5.60 Å². The zero-order chi connectivity index (χ0) is 16.6. The Bertz CT molecular complexity index is 853. The van der Waals surface area contributed by atoms with Crippen molar-refractivity contribution in [1.29, 1.82) is 0 Å². The standard InChI is InChI=1S/C17H18FN5O/c18-14-4-1-3-13-15(5-7-19-16(13)14)22-9-2-6-17(24,11-22)12-23-10-8-20-21-23/h1,3-5,7-8,10,24H,2,6,9,11-12H2. The molecule has 124 valence electrons. The normalized spacial score (nSPS) is 21.3. The van der Waals surface area contributed by atoms with Crippen molar-refractivity contribution in [3.63, 3.8) is 0 Å². The highest BCUT2D eigenvalue weighted by atomic mass is 19.1. The van der Waals surface area contributed by atoms with E-state index in [2.05, 4.69) is 20.2 Å². The van der Waals surface area contributed by atoms with Crippen molar-refractivity contribution in [2.75, 3.05) is 18.0 Å². The van der Waals surface area contributed by atoms with Crippen molar-refractivity contribution in [3.8, 4) is 0 Å². The Hall–Kier alpha value is -2.54. The van der Waals surface area contributed by atoms with E-state index in [1.54, 1.807) is 29.3 Å². The monoisotopic (exact) mass is 327 g/mol. The summed E-state index contributed by atoms with van der Waals surface area (Å²) in [5.74, 6) is -0.329. The lowest BCUT2D eigenvalue weighted by atomic mass is 9.92. The summed E-state index contributed by atoms with van der Waals surface area (Å²) in [6.45, 7) is 1.67. The van der Waals surface area contributed by atoms with Gasteiger partial charge in [0.1, 0.15) is 16.9 Å². The van der Waals surface area contributed by atoms with Crippen LogP contribution in [0.1, 0.15) is 12.8 Å². The average Bonchev–Trinajstić information content (AvgIpc) is 3.07. The molecule has 1 aromatic carbocycles. The van der Waals surface area contributed by atoms with E-state index >= 15 is 0 Å². The largest absolute Gasteiger partial charge is 0.386 e. The molecule has 4 rings (SSSR count). The Labute approximate surface area is 138 Å². The SMILES string of the molecule is OC1(Cn2ccnn2)CCCN(c2ccnc3c(F)cccc23)C1. The molecular formula is C17H18FN5O. The van der Waals surface area contributed by atoms with Crippen LogP contribution in [0, 0.1) is 5.82 Å². The minimum atomic E-state index is -0.894. The van der Waals surface area contributed by atoms with Gasteiger partial charge in [0.2, 0.25) is 0 Å². The predicted molar refractivity (Wildman–Crippen MR) is 88.1 cm³/mol. The van der Waals surface area contributed by atoms with Crippen LogP contribution in [0.3, 0.4) is 0 Å². The van der Waals surface area contributed by atoms with Gasteiger partial charge in [-0.15, -0.1) is 5.10 Å². The molecule has 1 aliphatic heterocycles. The topological polar surface area (TPSA) is 67.1 Å². The first-order chi connectivity index (χ1) is 11.6. The number of rotatable bonds is 3. The Balaban J connectivity index is 1.66. The third kappa shape index (κ3) is 2.71. The second-order valence-corrected chi connectivity index (χ2v) is 6.32. The molecular weight excluding hydrogens is 309 g/mol. The van der Waals surface area contributed by atoms with Gasteiger partial charge in [-0.3, -0.25) is 4.98 Å². The lowest BCUT2D eigenvalue weighted by Gasteiger charge is -2.40. The Morgan fingerprint density at radius 2 is 2.17 bits per heavy atom. The number of benzene rings is 1. The lowest BCUT2D eigenvalue weighted by molar-refractivity contribution is 0.00610. The highest BCUT2D eigenvalue weighted by Gasteiger charge is 2.34. The second-order valence-electron chi connectivity index (χ2n) is 6.32. The fourth-order valence-electron chi connectivity index (χ4n) is 3.47. The molecule has 1 N–H and O–H groups in total. The van der Waals surface area contributed by atoms with Gasteiger partial charge in [0, 0.05) is 36.6 Å². The van der Waals surface area contributed by atoms with Crippen molar-refractivity contribution >= 4 is 16.6 Å². The first-order valence-corrected chi connectivity index (χ1v) is 7.99. The molecule has 2 aromatic heterocycles. The molecule has 0 saturated carbocycles. The Morgan fingerprint density at radius 1 is 1.25 bits per heavy atom. The molecule has 24 heavy (non-hydrogen) atoms. The van der Waals surface area contributed by atoms with Gasteiger partial charge < -0.3 is 10.0 Å². The summed E-state index contributed by atoms with van der Waals surface area (Å²) in [6.07, 6.45) is 6.51. The molecule has 0 bridgehead atoms. The fraction of sp³-hybridized carbons (Fsp3) is 0.353. The molecule has 1 unspecified atom stereocenters. The predicted octanol–water partition coefficient (Wildman–Crippen LogP) is 2.00. The summed E-state index contributed by atoms with van der Waals surface area (Å²) in [4.78, 5) is 6.25. The smallest absolute Gasteiger partial charge is 0.149 e. The van der Waals surface area contributed by atoms with Gasteiger partial charge in [-0.2, -0.15) is 0 Å². The summed E-state index contributed by atoms with van der Waals surface area (Å²) in [6, 6.07) is 6.85. The van der Waals surface area contributed by atoms with E-state index in [9.17, 15) is 9.50 Å². The maximum Gasteiger partial charge on any atom is 0.149 e. The maximum absolute atomic E-state index is 14.0. The number of aliphatic hydroxyl groups is 1. The number of halogens is 1. The van der Waals surface area contributed by atoms with E-state index in [0.717, 1.165) is 24.0 Å². The number of hydrogen-bond acceptors (Lipinski definition) is 5. The van der Waals surface area contributed by atoms with Crippen LogP contribution in [-0.4, -0.2) is 43.8 Å². The number of anilines is 1. The molecule has 6 nitrogen and oxygen atoms in total. The number of aromatic nitrogens is 4. The quantitative estimate of drug-likeness (QED) is 0.797. The number of hydrogen-bond donors (Lipinski definition) is 1. The van der Waals surface area contributed by atoms with Gasteiger partial charge in [0.05, 0.1) is 12.7 Å². The third-order valence-corrected chi connectivity index (χ3v) is 4.52. The first-order valence-electron chi connectivity index (χ1n) is 7.99. The molecule has 0 radical (unpaired) electrons. The molecule has 0 aliphatic carbocycles. The molecule has 1 atom stereocenters. The van der Waals surface area contributed by atoms with E-state index in [1.165, 1.54) is 6.07 Å². The zero-order valence-electron chi connectivity index (χ0n) is 13.1. The van der Waals surface area contributed by atoms with E-state index in [1.807, 2.05) is 12.1 Å². The molecule has 7 heteroatoms. The Morgan fingerprint density at radius 3 is 3.00 bits per heavy atom. The van der Waals surface area contributed by atoms with Gasteiger partial charge in [0.25, 0.3) is 0 Å². The first kappa shape index (κ1) is 15.0. The summed E-state index contributed by atoms with van der Waals surface area (Å²) in [5.41, 5.74) is 0.367. The van der Waals surface area contributed by atoms with E-state index in [0.29, 0.717) is 25.0 Å². The van der Waals surface area contributed by atoms with Crippen LogP contribution in [0.4, 0.5) is 10.1 Å². The summed E-state index contributed by atoms with van der Waals surface area (Å²) in [5, 5.41) is 19.5. The molecule has 1 fully saturated rings. The molecule has 3 heterocycles. The van der Waals surface area contributed by atoms with Crippen molar-refractivity contribution in [1.82, 2.24) is 20.0 Å². The highest BCUT2D eigenvalue weighted by Crippen LogP contribution is 2.32. The number of nitrogens with zero attached hydrogens (tertiary/aromatic N) is 5. The highest BCUT2D eigenvalue weighted by molar-refractivity contribution is 5.91. The number of fused-ring (bicyclic) bond motifs is 1. The molecule has 0 amide bonds. The molecule has 3 aromatic rings. The van der Waals surface area contributed by atoms with Gasteiger partial charge >= 0.3 is 0 Å². The van der Waals surface area contributed by atoms with E-state index in [4.69, 9.17) is 0 Å². The van der Waals surface area contributed by atoms with Gasteiger partial charge in [-0.25, -0.2) is 9.07 Å². The minimum absolute atomic E-state index is 0.329. The van der Waals surface area contributed by atoms with Crippen LogP contribution in [-0.2, 0) is 6.54 Å². The van der Waals surface area contributed by atoms with Crippen LogP contribution in [0.2, 0.25) is 0 Å². The van der Waals surface area contributed by atoms with Crippen molar-refractivity contribution in [3.05, 3.63) is 48.7 Å². The third-order valence-electron chi connectivity index (χ3n) is 4.52. The van der Waals surface area contributed by atoms with Crippen molar-refractivity contribution < 1.29 is 9.50 Å². The summed E-state index contributed by atoms with van der Waals surface area (Å²) in [7, 11) is 0. The molecule has 1 saturated heterocycles. The van der Waals surface area contributed by atoms with Crippen LogP contribution in [0.15, 0.2) is 42.9 Å². The van der Waals surface area contributed by atoms with Crippen LogP contribution in [0.5, 0.6) is 0 Å². The number of para-hydroxylation sites is 1. The Kier molecular flexibility index (Phi) is 3.65. The van der Waals surface area contributed by atoms with Gasteiger partial charge in [0.15, 0.2) is 0 Å². The van der Waals surface area contributed by atoms with Crippen LogP contribution >= 0.6 is 0 Å².